The van der Waals surface area contributed by atoms with Crippen molar-refractivity contribution in [2.75, 3.05) is 17.1 Å². The highest BCUT2D eigenvalue weighted by atomic mass is 35.5. The number of carbonyl (C=O) groups is 1. The fraction of sp³-hybridized carbons (Fsp3) is 0.267. The van der Waals surface area contributed by atoms with E-state index in [1.165, 1.54) is 43.8 Å². The van der Waals surface area contributed by atoms with Crippen molar-refractivity contribution in [3.05, 3.63) is 36.7 Å². The summed E-state index contributed by atoms with van der Waals surface area (Å²) in [6.07, 6.45) is 3.07. The van der Waals surface area contributed by atoms with Gasteiger partial charge in [-0.25, -0.2) is 23.1 Å². The van der Waals surface area contributed by atoms with Gasteiger partial charge in [-0.1, -0.05) is 0 Å². The number of methoxy groups -OCH3 is 1. The van der Waals surface area contributed by atoms with Crippen LogP contribution in [0.4, 0.5) is 11.6 Å². The highest BCUT2D eigenvalue weighted by Gasteiger charge is 2.56. The molecular weight excluding hydrogens is 403 g/mol. The minimum Gasteiger partial charge on any atom is -0.494 e. The van der Waals surface area contributed by atoms with Gasteiger partial charge in [0.2, 0.25) is 11.9 Å². The number of halogens is 2. The summed E-state index contributed by atoms with van der Waals surface area (Å²) >= 11 is 11.7. The Kier molecular flexibility index (Phi) is 4.96. The zero-order valence-electron chi connectivity index (χ0n) is 13.4. The van der Waals surface area contributed by atoms with Gasteiger partial charge in [0.1, 0.15) is 4.33 Å². The number of carbonyl (C=O) groups excluding carboxylic acids is 1. The van der Waals surface area contributed by atoms with Crippen molar-refractivity contribution in [3.63, 3.8) is 0 Å². The first-order valence-corrected chi connectivity index (χ1v) is 9.63. The molecule has 1 heterocycles. The normalized spacial score (nSPS) is 18.0. The van der Waals surface area contributed by atoms with Gasteiger partial charge in [0.15, 0.2) is 5.75 Å². The summed E-state index contributed by atoms with van der Waals surface area (Å²) in [4.78, 5) is 19.6. The van der Waals surface area contributed by atoms with E-state index < -0.39 is 20.3 Å². The summed E-state index contributed by atoms with van der Waals surface area (Å²) in [5, 5.41) is 2.64. The monoisotopic (exact) mass is 416 g/mol. The lowest BCUT2D eigenvalue weighted by Gasteiger charge is -2.09. The Morgan fingerprint density at radius 1 is 1.23 bits per heavy atom. The average Bonchev–Trinajstić information content (AvgIpc) is 3.24. The van der Waals surface area contributed by atoms with Crippen molar-refractivity contribution in [3.8, 4) is 5.75 Å². The van der Waals surface area contributed by atoms with E-state index in [1.807, 2.05) is 0 Å². The number of nitrogens with one attached hydrogen (secondary N) is 2. The Hall–Kier alpha value is -2.10. The van der Waals surface area contributed by atoms with E-state index in [0.717, 1.165) is 0 Å². The highest BCUT2D eigenvalue weighted by molar-refractivity contribution is 7.92. The van der Waals surface area contributed by atoms with E-state index in [1.54, 1.807) is 0 Å². The summed E-state index contributed by atoms with van der Waals surface area (Å²) in [7, 11) is -2.42. The quantitative estimate of drug-likeness (QED) is 0.699. The van der Waals surface area contributed by atoms with Crippen LogP contribution in [0.5, 0.6) is 5.75 Å². The second-order valence-corrected chi connectivity index (χ2v) is 8.81. The van der Waals surface area contributed by atoms with Crippen LogP contribution in [0.1, 0.15) is 6.42 Å². The van der Waals surface area contributed by atoms with Crippen LogP contribution >= 0.6 is 23.2 Å². The van der Waals surface area contributed by atoms with Crippen LogP contribution in [0.15, 0.2) is 41.6 Å². The second-order valence-electron chi connectivity index (χ2n) is 5.58. The first kappa shape index (κ1) is 18.7. The zero-order valence-corrected chi connectivity index (χ0v) is 15.8. The smallest absolute Gasteiger partial charge is 0.264 e. The lowest BCUT2D eigenvalue weighted by molar-refractivity contribution is -0.117. The molecule has 0 bridgehead atoms. The maximum atomic E-state index is 12.3. The predicted octanol–water partition coefficient (Wildman–Crippen LogP) is 2.42. The molecule has 2 aromatic rings. The molecule has 8 nitrogen and oxygen atoms in total. The first-order chi connectivity index (χ1) is 12.2. The third-order valence-corrected chi connectivity index (χ3v) is 5.84. The maximum absolute atomic E-state index is 12.3. The molecule has 1 fully saturated rings. The molecule has 3 rings (SSSR count). The number of sulfonamides is 1. The lowest BCUT2D eigenvalue weighted by Crippen LogP contribution is -2.17. The van der Waals surface area contributed by atoms with Crippen LogP contribution in [-0.2, 0) is 14.8 Å². The van der Waals surface area contributed by atoms with Gasteiger partial charge in [0.05, 0.1) is 30.3 Å². The van der Waals surface area contributed by atoms with E-state index in [4.69, 9.17) is 27.9 Å². The van der Waals surface area contributed by atoms with Gasteiger partial charge < -0.3 is 10.1 Å². The Bertz CT molecular complexity index is 918. The number of anilines is 2. The first-order valence-electron chi connectivity index (χ1n) is 7.39. The molecule has 0 aliphatic heterocycles. The molecule has 0 spiro atoms. The van der Waals surface area contributed by atoms with Crippen molar-refractivity contribution in [1.82, 2.24) is 9.97 Å². The van der Waals surface area contributed by atoms with Crippen LogP contribution in [0.3, 0.4) is 0 Å². The number of rotatable bonds is 6. The molecule has 1 amide bonds. The number of benzene rings is 1. The summed E-state index contributed by atoms with van der Waals surface area (Å²) in [6, 6.07) is 5.63. The van der Waals surface area contributed by atoms with Crippen LogP contribution < -0.4 is 14.8 Å². The third-order valence-electron chi connectivity index (χ3n) is 3.66. The van der Waals surface area contributed by atoms with Gasteiger partial charge in [-0.2, -0.15) is 0 Å². The Balaban J connectivity index is 1.67. The molecule has 26 heavy (non-hydrogen) atoms. The Morgan fingerprint density at radius 2 is 1.81 bits per heavy atom. The second kappa shape index (κ2) is 6.90. The lowest BCUT2D eigenvalue weighted by atomic mass is 10.3. The molecule has 0 radical (unpaired) electrons. The van der Waals surface area contributed by atoms with Gasteiger partial charge in [-0.15, -0.1) is 23.2 Å². The molecule has 1 aromatic carbocycles. The zero-order chi connectivity index (χ0) is 18.9. The van der Waals surface area contributed by atoms with E-state index in [-0.39, 0.29) is 16.8 Å². The third kappa shape index (κ3) is 4.17. The molecule has 138 valence electrons. The summed E-state index contributed by atoms with van der Waals surface area (Å²) in [5.41, 5.74) is 0.436. The number of ether oxygens (including phenoxy) is 1. The molecule has 1 atom stereocenters. The van der Waals surface area contributed by atoms with Crippen LogP contribution in [0, 0.1) is 5.92 Å². The number of alkyl halides is 2. The fourth-order valence-electron chi connectivity index (χ4n) is 2.10. The van der Waals surface area contributed by atoms with Gasteiger partial charge in [0, 0.05) is 5.69 Å². The molecule has 0 saturated heterocycles. The number of aromatic nitrogens is 2. The molecule has 11 heteroatoms. The molecule has 1 aliphatic carbocycles. The van der Waals surface area contributed by atoms with Gasteiger partial charge in [-0.05, 0) is 30.7 Å². The predicted molar refractivity (Wildman–Crippen MR) is 97.0 cm³/mol. The van der Waals surface area contributed by atoms with Crippen molar-refractivity contribution >= 4 is 50.8 Å². The molecule has 1 aliphatic rings. The molecular formula is C15H14Cl2N4O4S. The van der Waals surface area contributed by atoms with Crippen LogP contribution in [0.2, 0.25) is 0 Å². The van der Waals surface area contributed by atoms with Crippen molar-refractivity contribution < 1.29 is 17.9 Å². The summed E-state index contributed by atoms with van der Waals surface area (Å²) in [5.74, 6) is -0.461. The molecule has 1 saturated carbocycles. The molecule has 1 aromatic heterocycles. The Labute approximate surface area is 159 Å². The molecule has 1 unspecified atom stereocenters. The van der Waals surface area contributed by atoms with Gasteiger partial charge in [-0.3, -0.25) is 4.79 Å². The number of nitrogens with zero attached hydrogens (tertiary/aromatic N) is 2. The van der Waals surface area contributed by atoms with E-state index in [9.17, 15) is 13.2 Å². The Morgan fingerprint density at radius 3 is 2.31 bits per heavy atom. The van der Waals surface area contributed by atoms with E-state index in [2.05, 4.69) is 20.0 Å². The topological polar surface area (TPSA) is 110 Å². The highest BCUT2D eigenvalue weighted by Crippen LogP contribution is 2.53. The standard InChI is InChI=1S/C15H14Cl2N4O4S/c1-25-10-7-18-14(19-8-10)21-26(23,24)11-4-2-9(3-5-11)20-13(22)12-6-15(12,16)17/h2-5,7-8,12H,6H2,1H3,(H,20,22)(H,18,19,21). The molecule has 2 N–H and O–H groups in total. The average molecular weight is 417 g/mol. The minimum atomic E-state index is -3.87. The fourth-order valence-corrected chi connectivity index (χ4v) is 3.56. The van der Waals surface area contributed by atoms with Crippen molar-refractivity contribution in [2.45, 2.75) is 15.6 Å². The van der Waals surface area contributed by atoms with E-state index >= 15 is 0 Å². The van der Waals surface area contributed by atoms with Crippen molar-refractivity contribution in [1.29, 1.82) is 0 Å². The van der Waals surface area contributed by atoms with Gasteiger partial charge in [0.25, 0.3) is 10.0 Å². The summed E-state index contributed by atoms with van der Waals surface area (Å²) < 4.78 is 30.8. The van der Waals surface area contributed by atoms with E-state index in [0.29, 0.717) is 17.9 Å². The number of amides is 1. The number of hydrogen-bond acceptors (Lipinski definition) is 6. The van der Waals surface area contributed by atoms with Crippen LogP contribution in [0.25, 0.3) is 0 Å². The minimum absolute atomic E-state index is 0.00891. The summed E-state index contributed by atoms with van der Waals surface area (Å²) in [6.45, 7) is 0. The SMILES string of the molecule is COc1cnc(NS(=O)(=O)c2ccc(NC(=O)C3CC3(Cl)Cl)cc2)nc1. The van der Waals surface area contributed by atoms with Gasteiger partial charge >= 0.3 is 0 Å². The van der Waals surface area contributed by atoms with Crippen LogP contribution in [-0.4, -0.2) is 35.7 Å². The van der Waals surface area contributed by atoms with Crippen molar-refractivity contribution in [2.24, 2.45) is 5.92 Å². The maximum Gasteiger partial charge on any atom is 0.264 e. The largest absolute Gasteiger partial charge is 0.494 e. The number of hydrogen-bond donors (Lipinski definition) is 2.